The second-order valence-corrected chi connectivity index (χ2v) is 28.7. The summed E-state index contributed by atoms with van der Waals surface area (Å²) in [7, 11) is 0. The van der Waals surface area contributed by atoms with Gasteiger partial charge in [0, 0.05) is 54.7 Å². The van der Waals surface area contributed by atoms with Gasteiger partial charge >= 0.3 is 0 Å². The van der Waals surface area contributed by atoms with Crippen molar-refractivity contribution >= 4 is 89.3 Å². The number of rotatable bonds is 5. The van der Waals surface area contributed by atoms with Crippen LogP contribution in [-0.4, -0.2) is 6.71 Å². The minimum absolute atomic E-state index is 0.0272. The molecule has 6 aromatic carbocycles. The van der Waals surface area contributed by atoms with Crippen LogP contribution in [0, 0.1) is 16.7 Å². The summed E-state index contributed by atoms with van der Waals surface area (Å²) >= 11 is 2.07. The highest BCUT2D eigenvalue weighted by Gasteiger charge is 2.49. The number of anilines is 8. The van der Waals surface area contributed by atoms with Crippen LogP contribution < -0.4 is 30.4 Å². The van der Waals surface area contributed by atoms with Gasteiger partial charge in [0.05, 0.1) is 11.4 Å². The minimum atomic E-state index is -0.0588. The number of hydrogen-bond donors (Lipinski definition) is 0. The molecule has 74 heavy (non-hydrogen) atoms. The fourth-order valence-electron chi connectivity index (χ4n) is 14.0. The first kappa shape index (κ1) is 49.1. The highest BCUT2D eigenvalue weighted by atomic mass is 32.1. The van der Waals surface area contributed by atoms with E-state index in [1.54, 1.807) is 11.1 Å². The normalized spacial score (nSPS) is 20.1. The molecule has 3 aliphatic carbocycles. The topological polar surface area (TPSA) is 9.72 Å². The zero-order valence-corrected chi connectivity index (χ0v) is 48.0. The molecule has 0 amide bonds. The van der Waals surface area contributed by atoms with Crippen molar-refractivity contribution in [2.24, 2.45) is 16.7 Å². The van der Waals surface area contributed by atoms with Crippen molar-refractivity contribution in [1.82, 2.24) is 0 Å². The lowest BCUT2D eigenvalue weighted by molar-refractivity contribution is 0.241. The van der Waals surface area contributed by atoms with Crippen molar-refractivity contribution in [2.75, 3.05) is 14.7 Å². The second-order valence-electron chi connectivity index (χ2n) is 27.6. The number of allylic oxidation sites excluding steroid dienone is 4. The Morgan fingerprint density at radius 2 is 1.08 bits per heavy atom. The van der Waals surface area contributed by atoms with Crippen LogP contribution >= 0.6 is 11.3 Å². The van der Waals surface area contributed by atoms with Crippen molar-refractivity contribution in [3.8, 4) is 0 Å². The summed E-state index contributed by atoms with van der Waals surface area (Å²) in [4.78, 5) is 8.01. The van der Waals surface area contributed by atoms with E-state index in [0.717, 1.165) is 23.5 Å². The van der Waals surface area contributed by atoms with Crippen molar-refractivity contribution in [1.29, 1.82) is 0 Å². The van der Waals surface area contributed by atoms with Gasteiger partial charge < -0.3 is 14.7 Å². The summed E-state index contributed by atoms with van der Waals surface area (Å²) in [5.41, 5.74) is 23.3. The molecule has 2 aliphatic heterocycles. The summed E-state index contributed by atoms with van der Waals surface area (Å²) in [6.07, 6.45) is 8.47. The number of fused-ring (bicyclic) bond motifs is 7. The van der Waals surface area contributed by atoms with Crippen molar-refractivity contribution in [2.45, 2.75) is 158 Å². The second kappa shape index (κ2) is 16.6. The van der Waals surface area contributed by atoms with E-state index < -0.39 is 0 Å². The molecule has 0 saturated carbocycles. The van der Waals surface area contributed by atoms with E-state index in [0.29, 0.717) is 5.92 Å². The maximum atomic E-state index is 2.84. The van der Waals surface area contributed by atoms with E-state index in [-0.39, 0.29) is 39.2 Å². The molecule has 1 unspecified atom stereocenters. The molecule has 12 rings (SSSR count). The Kier molecular flexibility index (Phi) is 11.0. The van der Waals surface area contributed by atoms with Crippen LogP contribution in [0.4, 0.5) is 45.5 Å². The number of benzene rings is 6. The summed E-state index contributed by atoms with van der Waals surface area (Å²) in [5.74, 6) is 0.399. The van der Waals surface area contributed by atoms with Crippen LogP contribution in [0.5, 0.6) is 0 Å². The molecule has 3 nitrogen and oxygen atoms in total. The Hall–Kier alpha value is -5.78. The predicted octanol–water partition coefficient (Wildman–Crippen LogP) is 18.1. The molecule has 3 heterocycles. The summed E-state index contributed by atoms with van der Waals surface area (Å²) in [6.45, 7) is 36.8. The Balaban J connectivity index is 1.25. The summed E-state index contributed by atoms with van der Waals surface area (Å²) in [5, 5.41) is 1.40. The van der Waals surface area contributed by atoms with Crippen molar-refractivity contribution in [3.05, 3.63) is 173 Å². The van der Waals surface area contributed by atoms with E-state index in [2.05, 4.69) is 263 Å². The molecule has 0 radical (unpaired) electrons. The lowest BCUT2D eigenvalue weighted by atomic mass is 9.36. The summed E-state index contributed by atoms with van der Waals surface area (Å²) < 4.78 is 2.87. The minimum Gasteiger partial charge on any atom is -0.314 e. The van der Waals surface area contributed by atoms with Gasteiger partial charge in [0.2, 0.25) is 0 Å². The van der Waals surface area contributed by atoms with Crippen LogP contribution in [0.2, 0.25) is 0 Å². The average molecular weight is 992 g/mol. The molecule has 5 aliphatic rings. The lowest BCUT2D eigenvalue weighted by Gasteiger charge is -2.49. The number of thiophene rings is 1. The lowest BCUT2D eigenvalue weighted by Crippen LogP contribution is -2.61. The van der Waals surface area contributed by atoms with Crippen LogP contribution in [0.25, 0.3) is 10.1 Å². The predicted molar refractivity (Wildman–Crippen MR) is 323 cm³/mol. The Bertz CT molecular complexity index is 3410. The van der Waals surface area contributed by atoms with E-state index in [4.69, 9.17) is 0 Å². The zero-order chi connectivity index (χ0) is 52.2. The highest BCUT2D eigenvalue weighted by Crippen LogP contribution is 2.58. The van der Waals surface area contributed by atoms with Crippen LogP contribution in [0.3, 0.4) is 0 Å². The zero-order valence-electron chi connectivity index (χ0n) is 47.1. The first-order chi connectivity index (χ1) is 34.8. The fourth-order valence-corrected chi connectivity index (χ4v) is 15.4. The molecule has 0 N–H and O–H groups in total. The molecular weight excluding hydrogens is 914 g/mol. The van der Waals surface area contributed by atoms with Crippen molar-refractivity contribution < 1.29 is 0 Å². The molecule has 7 aromatic rings. The van der Waals surface area contributed by atoms with Gasteiger partial charge in [0.25, 0.3) is 6.71 Å². The molecule has 1 aromatic heterocycles. The van der Waals surface area contributed by atoms with Gasteiger partial charge in [-0.2, -0.15) is 0 Å². The SMILES string of the molecule is CC1CC(N2c3cc(N(c4ccccc4)c4ccccc4)cc4c3B(c3ccccc3N4c3cc(C(C)(C)C)cc(C(C)(C)C)c3)c3sc4cc5c(cc4c32)C(C)(C)CCC5(C)C)=CC2=C1C(C)(C)CCC2(C)C. The third-order valence-electron chi connectivity index (χ3n) is 18.5. The van der Waals surface area contributed by atoms with Crippen LogP contribution in [0.1, 0.15) is 158 Å². The highest BCUT2D eigenvalue weighted by molar-refractivity contribution is 7.33. The molecule has 1 atom stereocenters. The first-order valence-corrected chi connectivity index (χ1v) is 28.7. The third kappa shape index (κ3) is 7.70. The maximum absolute atomic E-state index is 2.84. The van der Waals surface area contributed by atoms with Gasteiger partial charge in [-0.05, 0) is 182 Å². The van der Waals surface area contributed by atoms with Gasteiger partial charge in [-0.3, -0.25) is 0 Å². The largest absolute Gasteiger partial charge is 0.314 e. The Morgan fingerprint density at radius 1 is 0.554 bits per heavy atom. The van der Waals surface area contributed by atoms with Crippen LogP contribution in [0.15, 0.2) is 150 Å². The van der Waals surface area contributed by atoms with Crippen molar-refractivity contribution in [3.63, 3.8) is 0 Å². The first-order valence-electron chi connectivity index (χ1n) is 27.8. The maximum Gasteiger partial charge on any atom is 0.264 e. The number of hydrogen-bond acceptors (Lipinski definition) is 4. The molecule has 378 valence electrons. The number of para-hydroxylation sites is 3. The molecule has 0 saturated heterocycles. The standard InChI is InChI=1S/C69H78BN3S/c1-43-34-48(38-54-60(43)69(14,15)33-32-68(54,12)13)73-58-40-50(71(46-24-18-16-19-25-46)47-26-20-17-21-27-47)39-57-61(58)70(63-62(73)51-41-52-53(42-59(51)74-63)67(10,11)31-30-66(52,8)9)55-28-22-23-29-56(55)72(57)49-36-44(64(2,3)4)35-45(37-49)65(5,6)7/h16-29,35-43H,30-34H2,1-15H3. The number of nitrogens with zero attached hydrogens (tertiary/aromatic N) is 3. The van der Waals surface area contributed by atoms with E-state index in [1.165, 1.54) is 108 Å². The van der Waals surface area contributed by atoms with Gasteiger partial charge in [-0.15, -0.1) is 11.3 Å². The molecule has 0 fully saturated rings. The smallest absolute Gasteiger partial charge is 0.264 e. The molecule has 5 heteroatoms. The molecule has 0 spiro atoms. The Morgan fingerprint density at radius 3 is 1.68 bits per heavy atom. The van der Waals surface area contributed by atoms with E-state index in [1.807, 2.05) is 0 Å². The molecular formula is C69H78BN3S. The summed E-state index contributed by atoms with van der Waals surface area (Å²) in [6, 6.07) is 49.5. The van der Waals surface area contributed by atoms with E-state index in [9.17, 15) is 0 Å². The average Bonchev–Trinajstić information content (AvgIpc) is 3.73. The Labute approximate surface area is 448 Å². The molecule has 0 bridgehead atoms. The van der Waals surface area contributed by atoms with Crippen LogP contribution in [-0.2, 0) is 21.7 Å². The van der Waals surface area contributed by atoms with Gasteiger partial charge in [-0.25, -0.2) is 0 Å². The van der Waals surface area contributed by atoms with E-state index >= 15 is 0 Å². The monoisotopic (exact) mass is 992 g/mol. The van der Waals surface area contributed by atoms with Gasteiger partial charge in [0.15, 0.2) is 0 Å². The quantitative estimate of drug-likeness (QED) is 0.159. The van der Waals surface area contributed by atoms with Gasteiger partial charge in [0.1, 0.15) is 0 Å². The van der Waals surface area contributed by atoms with Gasteiger partial charge in [-0.1, -0.05) is 170 Å². The third-order valence-corrected chi connectivity index (χ3v) is 19.7. The fraction of sp³-hybridized carbons (Fsp3) is 0.391.